The Hall–Kier alpha value is -2.76. The maximum atomic E-state index is 12.5. The molecule has 3 rings (SSSR count). The highest BCUT2D eigenvalue weighted by Crippen LogP contribution is 2.32. The molecular formula is C19H20N4O3S. The van der Waals surface area contributed by atoms with Crippen molar-refractivity contribution in [3.05, 3.63) is 40.4 Å². The molecule has 1 aliphatic heterocycles. The Morgan fingerprint density at radius 1 is 1.48 bits per heavy atom. The highest BCUT2D eigenvalue weighted by atomic mass is 32.1. The van der Waals surface area contributed by atoms with E-state index in [-0.39, 0.29) is 11.7 Å². The summed E-state index contributed by atoms with van der Waals surface area (Å²) in [5.74, 6) is 0.106. The predicted octanol–water partition coefficient (Wildman–Crippen LogP) is 3.72. The van der Waals surface area contributed by atoms with Crippen molar-refractivity contribution in [2.24, 2.45) is 0 Å². The monoisotopic (exact) mass is 384 g/mol. The third-order valence-electron chi connectivity index (χ3n) is 3.91. The third-order valence-corrected chi connectivity index (χ3v) is 4.84. The topological polar surface area (TPSA) is 97.1 Å². The SMILES string of the molecule is CCCOc1ccccc1/C=C(\C#N)C(=O)Nc1nnc(C2CCCO2)s1. The van der Waals surface area contributed by atoms with Crippen LogP contribution in [0.15, 0.2) is 29.8 Å². The molecule has 2 heterocycles. The van der Waals surface area contributed by atoms with Gasteiger partial charge >= 0.3 is 0 Å². The quantitative estimate of drug-likeness (QED) is 0.577. The number of hydrogen-bond donors (Lipinski definition) is 1. The Bertz CT molecular complexity index is 866. The van der Waals surface area contributed by atoms with Gasteiger partial charge in [-0.15, -0.1) is 10.2 Å². The molecule has 1 N–H and O–H groups in total. The van der Waals surface area contributed by atoms with Gasteiger partial charge in [0.1, 0.15) is 28.5 Å². The molecule has 7 nitrogen and oxygen atoms in total. The minimum absolute atomic E-state index is 0.0311. The van der Waals surface area contributed by atoms with Crippen LogP contribution >= 0.6 is 11.3 Å². The molecule has 1 atom stereocenters. The molecule has 8 heteroatoms. The van der Waals surface area contributed by atoms with Crippen LogP contribution in [0, 0.1) is 11.3 Å². The summed E-state index contributed by atoms with van der Waals surface area (Å²) < 4.78 is 11.2. The molecular weight excluding hydrogens is 364 g/mol. The molecule has 0 radical (unpaired) electrons. The zero-order chi connectivity index (χ0) is 19.1. The van der Waals surface area contributed by atoms with Crippen LogP contribution in [0.4, 0.5) is 5.13 Å². The predicted molar refractivity (Wildman–Crippen MR) is 102 cm³/mol. The summed E-state index contributed by atoms with van der Waals surface area (Å²) in [6.07, 6.45) is 4.23. The Kier molecular flexibility index (Phi) is 6.52. The Balaban J connectivity index is 1.73. The van der Waals surface area contributed by atoms with Crippen molar-refractivity contribution >= 4 is 28.5 Å². The van der Waals surface area contributed by atoms with Crippen LogP contribution in [-0.4, -0.2) is 29.3 Å². The number of nitrogens with one attached hydrogen (secondary N) is 1. The Labute approximate surface area is 161 Å². The number of nitrogens with zero attached hydrogens (tertiary/aromatic N) is 3. The normalized spacial score (nSPS) is 16.7. The van der Waals surface area contributed by atoms with Gasteiger partial charge in [0.2, 0.25) is 5.13 Å². The number of rotatable bonds is 7. The van der Waals surface area contributed by atoms with Gasteiger partial charge in [-0.05, 0) is 31.4 Å². The van der Waals surface area contributed by atoms with E-state index in [0.29, 0.717) is 29.7 Å². The maximum absolute atomic E-state index is 12.5. The molecule has 0 aliphatic carbocycles. The van der Waals surface area contributed by atoms with E-state index in [2.05, 4.69) is 15.5 Å². The first-order chi connectivity index (χ1) is 13.2. The van der Waals surface area contributed by atoms with Gasteiger partial charge in [0.25, 0.3) is 5.91 Å². The molecule has 0 bridgehead atoms. The van der Waals surface area contributed by atoms with E-state index in [9.17, 15) is 10.1 Å². The second kappa shape index (κ2) is 9.26. The van der Waals surface area contributed by atoms with E-state index >= 15 is 0 Å². The summed E-state index contributed by atoms with van der Waals surface area (Å²) in [7, 11) is 0. The van der Waals surface area contributed by atoms with E-state index in [1.165, 1.54) is 17.4 Å². The zero-order valence-corrected chi connectivity index (χ0v) is 15.8. The lowest BCUT2D eigenvalue weighted by molar-refractivity contribution is -0.112. The van der Waals surface area contributed by atoms with Gasteiger partial charge in [0.05, 0.1) is 6.61 Å². The fraction of sp³-hybridized carbons (Fsp3) is 0.368. The average molecular weight is 384 g/mol. The molecule has 2 aromatic rings. The largest absolute Gasteiger partial charge is 0.493 e. The van der Waals surface area contributed by atoms with E-state index in [1.54, 1.807) is 6.07 Å². The smallest absolute Gasteiger partial charge is 0.268 e. The number of benzene rings is 1. The summed E-state index contributed by atoms with van der Waals surface area (Å²) in [4.78, 5) is 12.5. The lowest BCUT2D eigenvalue weighted by atomic mass is 10.1. The minimum atomic E-state index is -0.530. The lowest BCUT2D eigenvalue weighted by Crippen LogP contribution is -2.13. The first kappa shape index (κ1) is 19.0. The minimum Gasteiger partial charge on any atom is -0.493 e. The van der Waals surface area contributed by atoms with Gasteiger partial charge in [-0.25, -0.2) is 0 Å². The van der Waals surface area contributed by atoms with Gasteiger partial charge in [-0.1, -0.05) is 36.5 Å². The maximum Gasteiger partial charge on any atom is 0.268 e. The summed E-state index contributed by atoms with van der Waals surface area (Å²) >= 11 is 1.27. The van der Waals surface area contributed by atoms with Crippen LogP contribution in [0.25, 0.3) is 6.08 Å². The van der Waals surface area contributed by atoms with E-state index < -0.39 is 5.91 Å². The van der Waals surface area contributed by atoms with Gasteiger partial charge in [-0.3, -0.25) is 10.1 Å². The molecule has 1 fully saturated rings. The summed E-state index contributed by atoms with van der Waals surface area (Å²) in [5, 5.41) is 21.2. The number of anilines is 1. The molecule has 1 unspecified atom stereocenters. The van der Waals surface area contributed by atoms with Gasteiger partial charge in [0, 0.05) is 12.2 Å². The number of nitriles is 1. The summed E-state index contributed by atoms with van der Waals surface area (Å²) in [6, 6.07) is 9.23. The van der Waals surface area contributed by atoms with E-state index in [1.807, 2.05) is 31.2 Å². The fourth-order valence-electron chi connectivity index (χ4n) is 2.60. The van der Waals surface area contributed by atoms with Crippen LogP contribution in [0.2, 0.25) is 0 Å². The molecule has 1 amide bonds. The molecule has 0 saturated carbocycles. The molecule has 1 aromatic heterocycles. The van der Waals surface area contributed by atoms with Crippen LogP contribution < -0.4 is 10.1 Å². The number of carbonyl (C=O) groups is 1. The Morgan fingerprint density at radius 2 is 2.33 bits per heavy atom. The van der Waals surface area contributed by atoms with Crippen LogP contribution in [0.3, 0.4) is 0 Å². The second-order valence-electron chi connectivity index (χ2n) is 5.96. The zero-order valence-electron chi connectivity index (χ0n) is 15.0. The third kappa shape index (κ3) is 4.90. The van der Waals surface area contributed by atoms with Crippen LogP contribution in [0.5, 0.6) is 5.75 Å². The summed E-state index contributed by atoms with van der Waals surface area (Å²) in [6.45, 7) is 3.29. The van der Waals surface area contributed by atoms with Crippen molar-refractivity contribution in [1.82, 2.24) is 10.2 Å². The van der Waals surface area contributed by atoms with Crippen molar-refractivity contribution in [2.75, 3.05) is 18.5 Å². The second-order valence-corrected chi connectivity index (χ2v) is 6.97. The van der Waals surface area contributed by atoms with E-state index in [0.717, 1.165) is 24.3 Å². The van der Waals surface area contributed by atoms with Crippen molar-refractivity contribution in [1.29, 1.82) is 5.26 Å². The Morgan fingerprint density at radius 3 is 3.07 bits per heavy atom. The number of amides is 1. The van der Waals surface area contributed by atoms with Crippen LogP contribution in [-0.2, 0) is 9.53 Å². The van der Waals surface area contributed by atoms with Gasteiger partial charge in [0.15, 0.2) is 0 Å². The van der Waals surface area contributed by atoms with Crippen molar-refractivity contribution < 1.29 is 14.3 Å². The highest BCUT2D eigenvalue weighted by Gasteiger charge is 2.22. The number of hydrogen-bond acceptors (Lipinski definition) is 7. The number of para-hydroxylation sites is 1. The van der Waals surface area contributed by atoms with E-state index in [4.69, 9.17) is 9.47 Å². The molecule has 1 aromatic carbocycles. The molecule has 0 spiro atoms. The highest BCUT2D eigenvalue weighted by molar-refractivity contribution is 7.15. The van der Waals surface area contributed by atoms with Crippen molar-refractivity contribution in [3.63, 3.8) is 0 Å². The fourth-order valence-corrected chi connectivity index (χ4v) is 3.42. The first-order valence-electron chi connectivity index (χ1n) is 8.81. The molecule has 27 heavy (non-hydrogen) atoms. The average Bonchev–Trinajstić information content (AvgIpc) is 3.36. The van der Waals surface area contributed by atoms with Gasteiger partial charge in [-0.2, -0.15) is 5.26 Å². The number of aromatic nitrogens is 2. The lowest BCUT2D eigenvalue weighted by Gasteiger charge is -2.08. The van der Waals surface area contributed by atoms with Crippen molar-refractivity contribution in [3.8, 4) is 11.8 Å². The van der Waals surface area contributed by atoms with Gasteiger partial charge < -0.3 is 9.47 Å². The summed E-state index contributed by atoms with van der Waals surface area (Å²) in [5.41, 5.74) is 0.645. The first-order valence-corrected chi connectivity index (χ1v) is 9.63. The van der Waals surface area contributed by atoms with Crippen LogP contribution in [0.1, 0.15) is 42.9 Å². The molecule has 1 aliphatic rings. The van der Waals surface area contributed by atoms with Crippen molar-refractivity contribution in [2.45, 2.75) is 32.3 Å². The molecule has 1 saturated heterocycles. The molecule has 140 valence electrons. The number of carbonyl (C=O) groups excluding carboxylic acids is 1. The number of ether oxygens (including phenoxy) is 2. The standard InChI is InChI=1S/C19H20N4O3S/c1-2-9-25-15-7-4-3-6-13(15)11-14(12-20)17(24)21-19-23-22-18(27-19)16-8-5-10-26-16/h3-4,6-7,11,16H,2,5,8-10H2,1H3,(H,21,23,24)/b14-11+.